The van der Waals surface area contributed by atoms with Gasteiger partial charge in [0, 0.05) is 12.1 Å². The van der Waals surface area contributed by atoms with Crippen LogP contribution in [0.4, 0.5) is 4.79 Å². The van der Waals surface area contributed by atoms with Crippen LogP contribution in [-0.2, 0) is 11.3 Å². The molecule has 0 aliphatic carbocycles. The molecule has 1 unspecified atom stereocenters. The molecule has 0 radical (unpaired) electrons. The monoisotopic (exact) mass is 383 g/mol. The van der Waals surface area contributed by atoms with Crippen molar-refractivity contribution in [3.8, 4) is 0 Å². The number of hydrogen-bond donors (Lipinski definition) is 0. The Morgan fingerprint density at radius 2 is 1.95 bits per heavy atom. The smallest absolute Gasteiger partial charge is 0.269 e. The van der Waals surface area contributed by atoms with E-state index in [1.54, 1.807) is 42.9 Å². The standard InChI is InChI=1S/C14H13BrClN4O2/c1-18-10-11(17-13(18)15)19(2)14(22)20(12(10)21)7-8-3-5-9(16)6-4-8/h3-6,10H,7H2,1-2H3/q+1. The fourth-order valence-corrected chi connectivity index (χ4v) is 3.00. The van der Waals surface area contributed by atoms with Crippen molar-refractivity contribution in [3.05, 3.63) is 34.9 Å². The second kappa shape index (κ2) is 5.48. The van der Waals surface area contributed by atoms with Crippen molar-refractivity contribution in [1.82, 2.24) is 9.80 Å². The van der Waals surface area contributed by atoms with Crippen LogP contribution >= 0.6 is 27.5 Å². The van der Waals surface area contributed by atoms with Crippen LogP contribution in [0.3, 0.4) is 0 Å². The Bertz CT molecular complexity index is 729. The second-order valence-corrected chi connectivity index (χ2v) is 6.29. The molecule has 22 heavy (non-hydrogen) atoms. The number of nitrogens with zero attached hydrogens (tertiary/aromatic N) is 4. The number of rotatable bonds is 2. The number of imide groups is 1. The van der Waals surface area contributed by atoms with E-state index >= 15 is 0 Å². The van der Waals surface area contributed by atoms with Crippen molar-refractivity contribution in [1.29, 1.82) is 0 Å². The zero-order chi connectivity index (χ0) is 16.0. The minimum absolute atomic E-state index is 0.203. The van der Waals surface area contributed by atoms with Crippen LogP contribution in [0.2, 0.25) is 5.02 Å². The molecule has 3 rings (SSSR count). The molecular weight excluding hydrogens is 372 g/mol. The number of aliphatic imine (C=N–C) groups is 1. The van der Waals surface area contributed by atoms with Gasteiger partial charge in [-0.25, -0.2) is 9.37 Å². The average Bonchev–Trinajstić information content (AvgIpc) is 2.79. The molecule has 0 aromatic heterocycles. The summed E-state index contributed by atoms with van der Waals surface area (Å²) in [5.41, 5.74) is 0.837. The first kappa shape index (κ1) is 15.2. The van der Waals surface area contributed by atoms with Crippen molar-refractivity contribution in [2.24, 2.45) is 4.99 Å². The lowest BCUT2D eigenvalue weighted by Crippen LogP contribution is -2.61. The number of benzene rings is 1. The molecule has 0 N–H and O–H groups in total. The second-order valence-electron chi connectivity index (χ2n) is 5.14. The number of amidine groups is 2. The molecule has 1 saturated heterocycles. The van der Waals surface area contributed by atoms with E-state index in [0.29, 0.717) is 15.6 Å². The molecule has 114 valence electrons. The number of likely N-dealkylation sites (N-methyl/N-ethyl adjacent to an activating group) is 2. The summed E-state index contributed by atoms with van der Waals surface area (Å²) in [7, 11) is 3.38. The van der Waals surface area contributed by atoms with Gasteiger partial charge in [-0.05, 0) is 22.7 Å². The number of amides is 3. The Morgan fingerprint density at radius 3 is 2.59 bits per heavy atom. The third-order valence-electron chi connectivity index (χ3n) is 3.75. The lowest BCUT2D eigenvalue weighted by molar-refractivity contribution is -0.502. The first-order valence-corrected chi connectivity index (χ1v) is 7.74. The minimum Gasteiger partial charge on any atom is -0.269 e. The first-order chi connectivity index (χ1) is 10.4. The summed E-state index contributed by atoms with van der Waals surface area (Å²) in [6.07, 6.45) is 0. The average molecular weight is 385 g/mol. The van der Waals surface area contributed by atoms with E-state index in [1.165, 1.54) is 9.80 Å². The topological polar surface area (TPSA) is 56.0 Å². The SMILES string of the molecule is CN1C(=O)N(Cc2ccc(Cl)cc2)C(=O)C2C1=NC(Br)=[N+]2C. The fraction of sp³-hybridized carbons (Fsp3) is 0.286. The maximum Gasteiger partial charge on any atom is 0.364 e. The molecule has 1 aromatic rings. The van der Waals surface area contributed by atoms with Gasteiger partial charge in [-0.1, -0.05) is 23.7 Å². The molecule has 6 nitrogen and oxygen atoms in total. The van der Waals surface area contributed by atoms with Crippen molar-refractivity contribution >= 4 is 50.0 Å². The summed E-state index contributed by atoms with van der Waals surface area (Å²) in [5, 5.41) is 0.612. The molecule has 8 heteroatoms. The Balaban J connectivity index is 1.92. The summed E-state index contributed by atoms with van der Waals surface area (Å²) in [6.45, 7) is 0.203. The summed E-state index contributed by atoms with van der Waals surface area (Å²) >= 11 is 9.15. The summed E-state index contributed by atoms with van der Waals surface area (Å²) in [4.78, 5) is 32.0. The number of fused-ring (bicyclic) bond motifs is 1. The highest BCUT2D eigenvalue weighted by molar-refractivity contribution is 9.18. The van der Waals surface area contributed by atoms with Crippen molar-refractivity contribution < 1.29 is 14.2 Å². The largest absolute Gasteiger partial charge is 0.364 e. The Hall–Kier alpha value is -1.73. The summed E-state index contributed by atoms with van der Waals surface area (Å²) in [5.74, 6) is 0.158. The molecule has 3 amide bonds. The highest BCUT2D eigenvalue weighted by Crippen LogP contribution is 2.22. The van der Waals surface area contributed by atoms with Gasteiger partial charge in [-0.2, -0.15) is 0 Å². The molecule has 0 bridgehead atoms. The zero-order valence-corrected chi connectivity index (χ0v) is 14.3. The van der Waals surface area contributed by atoms with Gasteiger partial charge in [0.2, 0.25) is 0 Å². The van der Waals surface area contributed by atoms with Gasteiger partial charge in [-0.3, -0.25) is 14.6 Å². The van der Waals surface area contributed by atoms with Gasteiger partial charge in [0.05, 0.1) is 29.5 Å². The third kappa shape index (κ3) is 2.34. The molecule has 1 fully saturated rings. The van der Waals surface area contributed by atoms with E-state index in [4.69, 9.17) is 11.6 Å². The van der Waals surface area contributed by atoms with Crippen LogP contribution in [0.25, 0.3) is 0 Å². The Kier molecular flexibility index (Phi) is 3.78. The van der Waals surface area contributed by atoms with Crippen LogP contribution in [0.15, 0.2) is 29.3 Å². The van der Waals surface area contributed by atoms with Gasteiger partial charge in [0.15, 0.2) is 0 Å². The highest BCUT2D eigenvalue weighted by atomic mass is 79.9. The van der Waals surface area contributed by atoms with E-state index < -0.39 is 6.04 Å². The van der Waals surface area contributed by atoms with Crippen molar-refractivity contribution in [3.63, 3.8) is 0 Å². The normalized spacial score (nSPS) is 21.5. The van der Waals surface area contributed by atoms with E-state index in [1.807, 2.05) is 0 Å². The number of carbonyl (C=O) groups excluding carboxylic acids is 2. The van der Waals surface area contributed by atoms with Crippen molar-refractivity contribution in [2.45, 2.75) is 12.6 Å². The Morgan fingerprint density at radius 1 is 1.32 bits per heavy atom. The fourth-order valence-electron chi connectivity index (χ4n) is 2.49. The zero-order valence-electron chi connectivity index (χ0n) is 12.0. The highest BCUT2D eigenvalue weighted by Gasteiger charge is 2.52. The van der Waals surface area contributed by atoms with Gasteiger partial charge >= 0.3 is 10.8 Å². The number of halogens is 2. The van der Waals surface area contributed by atoms with Gasteiger partial charge in [0.25, 0.3) is 17.8 Å². The molecule has 2 aliphatic rings. The van der Waals surface area contributed by atoms with E-state index in [0.717, 1.165) is 5.56 Å². The van der Waals surface area contributed by atoms with Gasteiger partial charge in [-0.15, -0.1) is 0 Å². The number of hydrogen-bond acceptors (Lipinski definition) is 3. The molecular formula is C14H13BrClN4O2+. The lowest BCUT2D eigenvalue weighted by Gasteiger charge is -2.32. The molecule has 2 heterocycles. The molecule has 1 aromatic carbocycles. The van der Waals surface area contributed by atoms with Crippen molar-refractivity contribution in [2.75, 3.05) is 14.1 Å². The van der Waals surface area contributed by atoms with Crippen LogP contribution in [0.1, 0.15) is 5.56 Å². The Labute approximate surface area is 140 Å². The number of urea groups is 1. The van der Waals surface area contributed by atoms with Crippen LogP contribution < -0.4 is 0 Å². The predicted molar refractivity (Wildman–Crippen MR) is 86.5 cm³/mol. The molecule has 1 atom stereocenters. The van der Waals surface area contributed by atoms with Crippen LogP contribution in [0, 0.1) is 0 Å². The first-order valence-electron chi connectivity index (χ1n) is 6.57. The lowest BCUT2D eigenvalue weighted by atomic mass is 10.1. The summed E-state index contributed by atoms with van der Waals surface area (Å²) < 4.78 is 2.24. The van der Waals surface area contributed by atoms with E-state index in [9.17, 15) is 9.59 Å². The van der Waals surface area contributed by atoms with E-state index in [2.05, 4.69) is 20.9 Å². The molecule has 0 spiro atoms. The maximum atomic E-state index is 12.7. The third-order valence-corrected chi connectivity index (χ3v) is 4.73. The maximum absolute atomic E-state index is 12.7. The summed E-state index contributed by atoms with van der Waals surface area (Å²) in [6, 6.07) is 6.10. The van der Waals surface area contributed by atoms with Crippen LogP contribution in [0.5, 0.6) is 0 Å². The minimum atomic E-state index is -0.579. The van der Waals surface area contributed by atoms with E-state index in [-0.39, 0.29) is 18.5 Å². The van der Waals surface area contributed by atoms with Gasteiger partial charge in [0.1, 0.15) is 0 Å². The number of carbonyl (C=O) groups is 2. The van der Waals surface area contributed by atoms with Crippen LogP contribution in [-0.4, -0.2) is 57.0 Å². The molecule has 2 aliphatic heterocycles. The quantitative estimate of drug-likeness (QED) is 0.578. The molecule has 0 saturated carbocycles. The predicted octanol–water partition coefficient (Wildman–Crippen LogP) is 1.91. The van der Waals surface area contributed by atoms with Gasteiger partial charge < -0.3 is 0 Å².